The fourth-order valence-corrected chi connectivity index (χ4v) is 7.49. The van der Waals surface area contributed by atoms with Crippen LogP contribution in [-0.4, -0.2) is 54.4 Å². The lowest BCUT2D eigenvalue weighted by Gasteiger charge is -2.26. The molecule has 10 nitrogen and oxygen atoms in total. The van der Waals surface area contributed by atoms with E-state index in [9.17, 15) is 36.6 Å². The van der Waals surface area contributed by atoms with Gasteiger partial charge in [0.2, 0.25) is 5.91 Å². The molecule has 1 fully saturated rings. The smallest absolute Gasteiger partial charge is 0.381 e. The van der Waals surface area contributed by atoms with Crippen molar-refractivity contribution in [3.63, 3.8) is 0 Å². The van der Waals surface area contributed by atoms with Crippen LogP contribution in [0.25, 0.3) is 22.0 Å². The molecule has 1 saturated heterocycles. The van der Waals surface area contributed by atoms with Gasteiger partial charge < -0.3 is 15.2 Å². The Kier molecular flexibility index (Phi) is 10.1. The van der Waals surface area contributed by atoms with Crippen molar-refractivity contribution in [3.05, 3.63) is 103 Å². The summed E-state index contributed by atoms with van der Waals surface area (Å²) in [5.41, 5.74) is -0.693. The summed E-state index contributed by atoms with van der Waals surface area (Å²) in [6, 6.07) is 8.18. The molecule has 3 aromatic heterocycles. The lowest BCUT2D eigenvalue weighted by Crippen LogP contribution is -2.35. The predicted molar refractivity (Wildman–Crippen MR) is 188 cm³/mol. The van der Waals surface area contributed by atoms with Crippen LogP contribution in [0.5, 0.6) is 0 Å². The van der Waals surface area contributed by atoms with E-state index in [0.29, 0.717) is 60.9 Å². The van der Waals surface area contributed by atoms with Crippen molar-refractivity contribution in [1.29, 1.82) is 0 Å². The molecule has 1 aliphatic heterocycles. The zero-order chi connectivity index (χ0) is 38.4. The normalized spacial score (nSPS) is 16.1. The number of aromatic nitrogens is 5. The van der Waals surface area contributed by atoms with Crippen molar-refractivity contribution < 1.29 is 36.6 Å². The number of fused-ring (bicyclic) bond motifs is 2. The number of aliphatic hydroxyl groups is 1. The molecule has 16 heteroatoms. The van der Waals surface area contributed by atoms with Crippen LogP contribution in [0.15, 0.2) is 47.3 Å². The molecule has 282 valence electrons. The Bertz CT molecular complexity index is 2370. The number of alkyl halides is 3. The van der Waals surface area contributed by atoms with Gasteiger partial charge in [-0.3, -0.25) is 24.1 Å². The number of carbonyl (C=O) groups is 1. The van der Waals surface area contributed by atoms with Gasteiger partial charge in [0, 0.05) is 48.3 Å². The highest BCUT2D eigenvalue weighted by Gasteiger charge is 2.40. The maximum atomic E-state index is 14.5. The monoisotopic (exact) mass is 768 g/mol. The minimum Gasteiger partial charge on any atom is -0.381 e. The van der Waals surface area contributed by atoms with E-state index in [0.717, 1.165) is 16.8 Å². The second kappa shape index (κ2) is 14.7. The van der Waals surface area contributed by atoms with Crippen LogP contribution in [-0.2, 0) is 48.6 Å². The van der Waals surface area contributed by atoms with E-state index in [1.54, 1.807) is 25.2 Å². The summed E-state index contributed by atoms with van der Waals surface area (Å²) < 4.78 is 78.9. The molecular weight excluding hydrogens is 735 g/mol. The summed E-state index contributed by atoms with van der Waals surface area (Å²) >= 11 is 6.45. The van der Waals surface area contributed by atoms with E-state index in [1.165, 1.54) is 10.7 Å². The molecular formula is C38H34ClF5N6O4. The minimum atomic E-state index is -4.71. The molecule has 7 rings (SSSR count). The summed E-state index contributed by atoms with van der Waals surface area (Å²) in [5.74, 6) is 3.32. The molecule has 1 aliphatic carbocycles. The van der Waals surface area contributed by atoms with Gasteiger partial charge in [-0.1, -0.05) is 23.6 Å². The molecule has 2 aromatic carbocycles. The lowest BCUT2D eigenvalue weighted by atomic mass is 9.93. The fraction of sp³-hybridized carbons (Fsp3) is 0.368. The number of pyridine rings is 1. The van der Waals surface area contributed by atoms with Gasteiger partial charge in [0.25, 0.3) is 5.56 Å². The first-order valence-electron chi connectivity index (χ1n) is 17.3. The summed E-state index contributed by atoms with van der Waals surface area (Å²) in [4.78, 5) is 31.6. The Morgan fingerprint density at radius 1 is 1.09 bits per heavy atom. The van der Waals surface area contributed by atoms with Crippen LogP contribution in [0.2, 0.25) is 5.02 Å². The Hall–Kier alpha value is -5.04. The molecule has 0 saturated carbocycles. The van der Waals surface area contributed by atoms with E-state index < -0.39 is 53.2 Å². The number of carbonyl (C=O) groups excluding carboxylic acids is 1. The van der Waals surface area contributed by atoms with Crippen molar-refractivity contribution in [2.75, 3.05) is 13.2 Å². The van der Waals surface area contributed by atoms with Gasteiger partial charge in [-0.25, -0.2) is 13.8 Å². The Labute approximate surface area is 310 Å². The highest BCUT2D eigenvalue weighted by atomic mass is 35.5. The molecule has 0 bridgehead atoms. The first-order chi connectivity index (χ1) is 25.7. The van der Waals surface area contributed by atoms with Gasteiger partial charge in [-0.15, -0.1) is 0 Å². The molecule has 0 radical (unpaired) electrons. The Morgan fingerprint density at radius 3 is 2.52 bits per heavy atom. The highest BCUT2D eigenvalue weighted by molar-refractivity contribution is 6.35. The van der Waals surface area contributed by atoms with Crippen molar-refractivity contribution in [3.8, 4) is 23.0 Å². The van der Waals surface area contributed by atoms with Gasteiger partial charge in [0.05, 0.1) is 40.9 Å². The summed E-state index contributed by atoms with van der Waals surface area (Å²) in [7, 11) is 1.61. The van der Waals surface area contributed by atoms with Gasteiger partial charge in [0.15, 0.2) is 5.69 Å². The van der Waals surface area contributed by atoms with E-state index in [4.69, 9.17) is 21.3 Å². The summed E-state index contributed by atoms with van der Waals surface area (Å²) in [6.45, 7) is 0.0494. The average Bonchev–Trinajstić information content (AvgIpc) is 3.64. The third-order valence-corrected chi connectivity index (χ3v) is 10.1. The second-order valence-corrected chi connectivity index (χ2v) is 14.0. The van der Waals surface area contributed by atoms with Crippen LogP contribution in [0.3, 0.4) is 0 Å². The lowest BCUT2D eigenvalue weighted by molar-refractivity contribution is -0.142. The third kappa shape index (κ3) is 7.64. The van der Waals surface area contributed by atoms with Crippen LogP contribution in [0, 0.1) is 23.5 Å². The van der Waals surface area contributed by atoms with E-state index in [2.05, 4.69) is 27.4 Å². The predicted octanol–water partition coefficient (Wildman–Crippen LogP) is 5.95. The average molecular weight is 769 g/mol. The quantitative estimate of drug-likeness (QED) is 0.139. The zero-order valence-electron chi connectivity index (χ0n) is 28.9. The van der Waals surface area contributed by atoms with E-state index in [1.807, 2.05) is 0 Å². The molecule has 5 aromatic rings. The number of amides is 1. The number of nitrogens with zero attached hydrogens (tertiary/aromatic N) is 4. The summed E-state index contributed by atoms with van der Waals surface area (Å²) in [6.07, 6.45) is -2.71. The van der Waals surface area contributed by atoms with Gasteiger partial charge >= 0.3 is 6.18 Å². The van der Waals surface area contributed by atoms with Gasteiger partial charge in [0.1, 0.15) is 29.5 Å². The van der Waals surface area contributed by atoms with Gasteiger partial charge in [-0.2, -0.15) is 18.3 Å². The molecule has 54 heavy (non-hydrogen) atoms. The summed E-state index contributed by atoms with van der Waals surface area (Å²) in [5, 5.41) is 20.7. The van der Waals surface area contributed by atoms with Crippen molar-refractivity contribution in [1.82, 2.24) is 29.9 Å². The standard InChI is InChI=1S/C38H34ClF5N6O4/c1-49-34-26(8-9-28(39)32(34)36(52)48-49)25-7-6-24(10-11-37(53)12-14-54-15-13-37)45-33(25)29(18-21-16-22(40)19-23(41)17-21)46-31(51)20-50-30-5-3-2-4-27(30)35(47-50)38(42,43)44/h6-9,16-17,19,29,53H,2-5,12-15,18,20H2,1H3,(H,46,51)(H,48,52). The molecule has 1 unspecified atom stereocenters. The van der Waals surface area contributed by atoms with Crippen molar-refractivity contribution in [2.24, 2.45) is 7.05 Å². The maximum absolute atomic E-state index is 14.5. The first-order valence-corrected chi connectivity index (χ1v) is 17.7. The Balaban J connectivity index is 1.36. The largest absolute Gasteiger partial charge is 0.435 e. The first kappa shape index (κ1) is 37.3. The highest BCUT2D eigenvalue weighted by Crippen LogP contribution is 2.37. The minimum absolute atomic E-state index is 0.0682. The number of hydrogen-bond donors (Lipinski definition) is 3. The third-order valence-electron chi connectivity index (χ3n) is 9.76. The Morgan fingerprint density at radius 2 is 1.80 bits per heavy atom. The molecule has 4 heterocycles. The van der Waals surface area contributed by atoms with Crippen molar-refractivity contribution in [2.45, 2.75) is 69.3 Å². The fourth-order valence-electron chi connectivity index (χ4n) is 7.25. The van der Waals surface area contributed by atoms with E-state index in [-0.39, 0.29) is 58.6 Å². The molecule has 1 amide bonds. The van der Waals surface area contributed by atoms with Crippen molar-refractivity contribution >= 4 is 28.4 Å². The molecule has 0 spiro atoms. The van der Waals surface area contributed by atoms with Crippen LogP contribution in [0.4, 0.5) is 22.0 Å². The number of hydrogen-bond acceptors (Lipinski definition) is 6. The molecule has 2 aliphatic rings. The second-order valence-electron chi connectivity index (χ2n) is 13.6. The topological polar surface area (TPSA) is 127 Å². The number of ether oxygens (including phenoxy) is 1. The SMILES string of the molecule is Cn1[nH]c(=O)c2c(Cl)ccc(-c3ccc(C#CC4(O)CCOCC4)nc3C(Cc3cc(F)cc(F)c3)NC(=O)Cn3nc(C(F)(F)F)c4c3CCCC4)c21. The number of benzene rings is 2. The number of nitrogens with one attached hydrogen (secondary N) is 2. The van der Waals surface area contributed by atoms with Crippen LogP contribution in [0.1, 0.15) is 65.6 Å². The molecule has 3 N–H and O–H groups in total. The zero-order valence-corrected chi connectivity index (χ0v) is 29.7. The number of halogens is 6. The number of aromatic amines is 1. The number of H-pyrrole nitrogens is 1. The van der Waals surface area contributed by atoms with Crippen LogP contribution < -0.4 is 10.9 Å². The van der Waals surface area contributed by atoms with Gasteiger partial charge in [-0.05, 0) is 73.9 Å². The van der Waals surface area contributed by atoms with Crippen LogP contribution >= 0.6 is 11.6 Å². The maximum Gasteiger partial charge on any atom is 0.435 e. The molecule has 1 atom stereocenters. The van der Waals surface area contributed by atoms with E-state index >= 15 is 0 Å². The number of rotatable bonds is 7. The number of aryl methyl sites for hydroxylation is 1.